The predicted molar refractivity (Wildman–Crippen MR) is 88.7 cm³/mol. The highest BCUT2D eigenvalue weighted by Crippen LogP contribution is 2.31. The van der Waals surface area contributed by atoms with Gasteiger partial charge in [0.2, 0.25) is 5.91 Å². The molecule has 0 spiro atoms. The molecule has 0 radical (unpaired) electrons. The molecule has 1 aromatic carbocycles. The SMILES string of the molecule is CCC(C)C(C(=O)N1CCC(CCCl)C1)c1ccccc1. The molecule has 1 amide bonds. The topological polar surface area (TPSA) is 20.3 Å². The summed E-state index contributed by atoms with van der Waals surface area (Å²) >= 11 is 5.84. The molecule has 21 heavy (non-hydrogen) atoms. The largest absolute Gasteiger partial charge is 0.342 e. The minimum absolute atomic E-state index is 0.00838. The molecule has 1 aliphatic heterocycles. The fourth-order valence-corrected chi connectivity index (χ4v) is 3.54. The van der Waals surface area contributed by atoms with E-state index < -0.39 is 0 Å². The van der Waals surface area contributed by atoms with Gasteiger partial charge in [0.15, 0.2) is 0 Å². The van der Waals surface area contributed by atoms with Crippen LogP contribution in [0.4, 0.5) is 0 Å². The summed E-state index contributed by atoms with van der Waals surface area (Å²) in [4.78, 5) is 15.0. The number of benzene rings is 1. The van der Waals surface area contributed by atoms with Gasteiger partial charge in [-0.3, -0.25) is 4.79 Å². The predicted octanol–water partition coefficient (Wildman–Crippen LogP) is 4.29. The van der Waals surface area contributed by atoms with Gasteiger partial charge in [-0.15, -0.1) is 11.6 Å². The van der Waals surface area contributed by atoms with Crippen molar-refractivity contribution in [2.75, 3.05) is 19.0 Å². The lowest BCUT2D eigenvalue weighted by atomic mass is 9.84. The number of alkyl halides is 1. The maximum atomic E-state index is 13.0. The Bertz CT molecular complexity index is 448. The minimum atomic E-state index is -0.00838. The number of likely N-dealkylation sites (tertiary alicyclic amines) is 1. The minimum Gasteiger partial charge on any atom is -0.342 e. The number of rotatable bonds is 6. The molecular formula is C18H26ClNO. The van der Waals surface area contributed by atoms with Crippen LogP contribution in [-0.4, -0.2) is 29.8 Å². The lowest BCUT2D eigenvalue weighted by Crippen LogP contribution is -2.36. The van der Waals surface area contributed by atoms with Crippen LogP contribution in [0.3, 0.4) is 0 Å². The first kappa shape index (κ1) is 16.4. The van der Waals surface area contributed by atoms with Gasteiger partial charge in [0.05, 0.1) is 5.92 Å². The van der Waals surface area contributed by atoms with E-state index in [9.17, 15) is 4.79 Å². The first-order valence-electron chi connectivity index (χ1n) is 8.07. The van der Waals surface area contributed by atoms with Crippen molar-refractivity contribution in [3.05, 3.63) is 35.9 Å². The molecule has 0 bridgehead atoms. The van der Waals surface area contributed by atoms with Gasteiger partial charge in [-0.05, 0) is 30.2 Å². The van der Waals surface area contributed by atoms with Crippen molar-refractivity contribution < 1.29 is 4.79 Å². The monoisotopic (exact) mass is 307 g/mol. The normalized spacial score (nSPS) is 21.3. The molecule has 2 rings (SSSR count). The van der Waals surface area contributed by atoms with E-state index in [4.69, 9.17) is 11.6 Å². The van der Waals surface area contributed by atoms with Crippen LogP contribution in [0, 0.1) is 11.8 Å². The third kappa shape index (κ3) is 4.00. The van der Waals surface area contributed by atoms with Crippen LogP contribution < -0.4 is 0 Å². The maximum absolute atomic E-state index is 13.0. The third-order valence-electron chi connectivity index (χ3n) is 4.75. The van der Waals surface area contributed by atoms with Crippen molar-refractivity contribution in [3.8, 4) is 0 Å². The Morgan fingerprint density at radius 3 is 2.71 bits per heavy atom. The zero-order valence-corrected chi connectivity index (χ0v) is 13.9. The molecule has 3 heteroatoms. The van der Waals surface area contributed by atoms with Gasteiger partial charge >= 0.3 is 0 Å². The molecule has 0 saturated carbocycles. The Balaban J connectivity index is 2.12. The highest BCUT2D eigenvalue weighted by atomic mass is 35.5. The van der Waals surface area contributed by atoms with Crippen molar-refractivity contribution in [2.45, 2.75) is 39.0 Å². The zero-order chi connectivity index (χ0) is 15.2. The first-order valence-corrected chi connectivity index (χ1v) is 8.60. The molecule has 1 heterocycles. The average Bonchev–Trinajstić information content (AvgIpc) is 2.97. The van der Waals surface area contributed by atoms with Gasteiger partial charge in [0.1, 0.15) is 0 Å². The fourth-order valence-electron chi connectivity index (χ4n) is 3.23. The molecule has 0 aromatic heterocycles. The Kier molecular flexibility index (Phi) is 6.10. The Labute approximate surface area is 133 Å². The molecule has 1 fully saturated rings. The van der Waals surface area contributed by atoms with Crippen molar-refractivity contribution in [2.24, 2.45) is 11.8 Å². The van der Waals surface area contributed by atoms with Crippen LogP contribution in [0.15, 0.2) is 30.3 Å². The standard InChI is InChI=1S/C18H26ClNO/c1-3-14(2)17(16-7-5-4-6-8-16)18(21)20-12-10-15(13-20)9-11-19/h4-8,14-15,17H,3,9-13H2,1-2H3. The summed E-state index contributed by atoms with van der Waals surface area (Å²) in [6.45, 7) is 6.11. The Morgan fingerprint density at radius 1 is 1.38 bits per heavy atom. The molecule has 1 aliphatic rings. The van der Waals surface area contributed by atoms with E-state index in [1.165, 1.54) is 0 Å². The van der Waals surface area contributed by atoms with Crippen LogP contribution in [0.5, 0.6) is 0 Å². The Hall–Kier alpha value is -1.02. The number of hydrogen-bond acceptors (Lipinski definition) is 1. The second-order valence-electron chi connectivity index (χ2n) is 6.19. The number of hydrogen-bond donors (Lipinski definition) is 0. The molecule has 1 aromatic rings. The van der Waals surface area contributed by atoms with Gasteiger partial charge in [0, 0.05) is 19.0 Å². The van der Waals surface area contributed by atoms with Crippen molar-refractivity contribution in [3.63, 3.8) is 0 Å². The number of carbonyl (C=O) groups excluding carboxylic acids is 1. The summed E-state index contributed by atoms with van der Waals surface area (Å²) in [6.07, 6.45) is 3.13. The maximum Gasteiger partial charge on any atom is 0.230 e. The van der Waals surface area contributed by atoms with E-state index in [0.29, 0.717) is 23.6 Å². The van der Waals surface area contributed by atoms with Crippen LogP contribution >= 0.6 is 11.6 Å². The molecule has 0 aliphatic carbocycles. The smallest absolute Gasteiger partial charge is 0.230 e. The summed E-state index contributed by atoms with van der Waals surface area (Å²) in [5.41, 5.74) is 1.15. The van der Waals surface area contributed by atoms with Crippen molar-refractivity contribution in [1.82, 2.24) is 4.90 Å². The van der Waals surface area contributed by atoms with E-state index in [2.05, 4.69) is 30.9 Å². The fraction of sp³-hybridized carbons (Fsp3) is 0.611. The van der Waals surface area contributed by atoms with Gasteiger partial charge in [-0.25, -0.2) is 0 Å². The average molecular weight is 308 g/mol. The van der Waals surface area contributed by atoms with Gasteiger partial charge in [-0.2, -0.15) is 0 Å². The molecule has 2 nitrogen and oxygen atoms in total. The summed E-state index contributed by atoms with van der Waals surface area (Å²) in [5, 5.41) is 0. The highest BCUT2D eigenvalue weighted by molar-refractivity contribution is 6.17. The molecule has 3 unspecified atom stereocenters. The number of nitrogens with zero attached hydrogens (tertiary/aromatic N) is 1. The van der Waals surface area contributed by atoms with E-state index in [1.54, 1.807) is 0 Å². The van der Waals surface area contributed by atoms with Crippen LogP contribution in [0.2, 0.25) is 0 Å². The van der Waals surface area contributed by atoms with E-state index >= 15 is 0 Å². The lowest BCUT2D eigenvalue weighted by Gasteiger charge is -2.28. The highest BCUT2D eigenvalue weighted by Gasteiger charge is 2.33. The molecule has 0 N–H and O–H groups in total. The second kappa shape index (κ2) is 7.84. The van der Waals surface area contributed by atoms with Crippen LogP contribution in [0.25, 0.3) is 0 Å². The third-order valence-corrected chi connectivity index (χ3v) is 4.97. The van der Waals surface area contributed by atoms with E-state index in [1.807, 2.05) is 18.2 Å². The second-order valence-corrected chi connectivity index (χ2v) is 6.57. The van der Waals surface area contributed by atoms with Crippen LogP contribution in [0.1, 0.15) is 44.6 Å². The summed E-state index contributed by atoms with van der Waals surface area (Å²) in [5.74, 6) is 1.94. The number of amides is 1. The molecule has 1 saturated heterocycles. The van der Waals surface area contributed by atoms with Crippen molar-refractivity contribution >= 4 is 17.5 Å². The summed E-state index contributed by atoms with van der Waals surface area (Å²) < 4.78 is 0. The van der Waals surface area contributed by atoms with E-state index in [0.717, 1.165) is 37.9 Å². The molecule has 116 valence electrons. The molecular weight excluding hydrogens is 282 g/mol. The summed E-state index contributed by atoms with van der Waals surface area (Å²) in [6, 6.07) is 10.2. The van der Waals surface area contributed by atoms with E-state index in [-0.39, 0.29) is 5.92 Å². The number of halogens is 1. The zero-order valence-electron chi connectivity index (χ0n) is 13.1. The lowest BCUT2D eigenvalue weighted by molar-refractivity contribution is -0.133. The summed E-state index contributed by atoms with van der Waals surface area (Å²) in [7, 11) is 0. The first-order chi connectivity index (χ1) is 10.2. The number of carbonyl (C=O) groups is 1. The van der Waals surface area contributed by atoms with Crippen molar-refractivity contribution in [1.29, 1.82) is 0 Å². The Morgan fingerprint density at radius 2 is 2.10 bits per heavy atom. The van der Waals surface area contributed by atoms with Gasteiger partial charge < -0.3 is 4.90 Å². The van der Waals surface area contributed by atoms with Gasteiger partial charge in [0.25, 0.3) is 0 Å². The molecule has 3 atom stereocenters. The van der Waals surface area contributed by atoms with Crippen LogP contribution in [-0.2, 0) is 4.79 Å². The quantitative estimate of drug-likeness (QED) is 0.718. The van der Waals surface area contributed by atoms with Gasteiger partial charge in [-0.1, -0.05) is 50.6 Å².